The molecular weight excluding hydrogens is 236 g/mol. The molecule has 0 aromatic heterocycles. The SMILES string of the molecule is CCc1ccc(N2CC(C)(O)CNCC2(C)C)cc1. The van der Waals surface area contributed by atoms with Gasteiger partial charge in [0.1, 0.15) is 0 Å². The van der Waals surface area contributed by atoms with Crippen LogP contribution in [-0.2, 0) is 6.42 Å². The molecule has 1 aliphatic rings. The molecule has 3 nitrogen and oxygen atoms in total. The summed E-state index contributed by atoms with van der Waals surface area (Å²) >= 11 is 0. The lowest BCUT2D eigenvalue weighted by Gasteiger charge is -2.41. The van der Waals surface area contributed by atoms with Gasteiger partial charge in [0, 0.05) is 30.9 Å². The van der Waals surface area contributed by atoms with E-state index in [1.54, 1.807) is 0 Å². The normalized spacial score (nSPS) is 27.1. The van der Waals surface area contributed by atoms with Crippen LogP contribution >= 0.6 is 0 Å². The Morgan fingerprint density at radius 3 is 2.37 bits per heavy atom. The van der Waals surface area contributed by atoms with Crippen molar-refractivity contribution in [2.75, 3.05) is 24.5 Å². The van der Waals surface area contributed by atoms with Crippen LogP contribution in [0.15, 0.2) is 24.3 Å². The molecule has 1 aromatic rings. The molecule has 1 saturated heterocycles. The lowest BCUT2D eigenvalue weighted by atomic mass is 9.99. The number of aliphatic hydroxyl groups is 1. The lowest BCUT2D eigenvalue weighted by Crippen LogP contribution is -2.51. The number of β-amino-alcohol motifs (C(OH)–C–C–N with tert-alkyl or cyclic N) is 1. The summed E-state index contributed by atoms with van der Waals surface area (Å²) in [5, 5.41) is 13.8. The number of nitrogens with one attached hydrogen (secondary N) is 1. The van der Waals surface area contributed by atoms with Crippen LogP contribution in [0, 0.1) is 0 Å². The predicted molar refractivity (Wildman–Crippen MR) is 80.7 cm³/mol. The average Bonchev–Trinajstić information content (AvgIpc) is 2.45. The molecule has 106 valence electrons. The number of hydrogen-bond acceptors (Lipinski definition) is 3. The van der Waals surface area contributed by atoms with Gasteiger partial charge in [-0.3, -0.25) is 0 Å². The Bertz CT molecular complexity index is 423. The van der Waals surface area contributed by atoms with Crippen molar-refractivity contribution in [3.8, 4) is 0 Å². The van der Waals surface area contributed by atoms with Gasteiger partial charge in [-0.2, -0.15) is 0 Å². The Balaban J connectivity index is 2.31. The van der Waals surface area contributed by atoms with Crippen molar-refractivity contribution in [2.45, 2.75) is 45.3 Å². The van der Waals surface area contributed by atoms with Crippen LogP contribution in [0.1, 0.15) is 33.3 Å². The van der Waals surface area contributed by atoms with Gasteiger partial charge in [0.05, 0.1) is 5.60 Å². The van der Waals surface area contributed by atoms with Crippen LogP contribution in [0.2, 0.25) is 0 Å². The van der Waals surface area contributed by atoms with E-state index in [2.05, 4.69) is 55.3 Å². The zero-order valence-corrected chi connectivity index (χ0v) is 12.5. The van der Waals surface area contributed by atoms with Gasteiger partial charge < -0.3 is 15.3 Å². The molecule has 19 heavy (non-hydrogen) atoms. The molecule has 0 saturated carbocycles. The molecule has 0 radical (unpaired) electrons. The van der Waals surface area contributed by atoms with Crippen LogP contribution in [0.3, 0.4) is 0 Å². The topological polar surface area (TPSA) is 35.5 Å². The van der Waals surface area contributed by atoms with Gasteiger partial charge in [-0.05, 0) is 44.9 Å². The predicted octanol–water partition coefficient (Wildman–Crippen LogP) is 2.19. The van der Waals surface area contributed by atoms with Gasteiger partial charge >= 0.3 is 0 Å². The Morgan fingerprint density at radius 2 is 1.79 bits per heavy atom. The summed E-state index contributed by atoms with van der Waals surface area (Å²) in [4.78, 5) is 2.31. The molecule has 1 fully saturated rings. The van der Waals surface area contributed by atoms with E-state index >= 15 is 0 Å². The summed E-state index contributed by atoms with van der Waals surface area (Å²) in [6.07, 6.45) is 1.06. The maximum Gasteiger partial charge on any atom is 0.0917 e. The molecule has 0 bridgehead atoms. The Hall–Kier alpha value is -1.06. The molecule has 1 atom stereocenters. The van der Waals surface area contributed by atoms with E-state index in [1.807, 2.05) is 6.92 Å². The van der Waals surface area contributed by atoms with E-state index in [1.165, 1.54) is 11.3 Å². The molecule has 1 aliphatic heterocycles. The quantitative estimate of drug-likeness (QED) is 0.857. The van der Waals surface area contributed by atoms with Crippen LogP contribution in [0.5, 0.6) is 0 Å². The van der Waals surface area contributed by atoms with E-state index < -0.39 is 5.60 Å². The minimum absolute atomic E-state index is 0.00573. The highest BCUT2D eigenvalue weighted by Crippen LogP contribution is 2.28. The Labute approximate surface area is 116 Å². The second-order valence-corrected chi connectivity index (χ2v) is 6.52. The van der Waals surface area contributed by atoms with Gasteiger partial charge in [-0.1, -0.05) is 19.1 Å². The highest BCUT2D eigenvalue weighted by atomic mass is 16.3. The van der Waals surface area contributed by atoms with E-state index in [0.29, 0.717) is 13.1 Å². The molecular formula is C16H26N2O. The van der Waals surface area contributed by atoms with Crippen LogP contribution in [0.25, 0.3) is 0 Å². The molecule has 1 aromatic carbocycles. The van der Waals surface area contributed by atoms with Gasteiger partial charge in [-0.25, -0.2) is 0 Å². The zero-order valence-electron chi connectivity index (χ0n) is 12.5. The molecule has 1 heterocycles. The second kappa shape index (κ2) is 5.14. The van der Waals surface area contributed by atoms with E-state index in [9.17, 15) is 5.11 Å². The number of benzene rings is 1. The van der Waals surface area contributed by atoms with Gasteiger partial charge in [0.15, 0.2) is 0 Å². The summed E-state index contributed by atoms with van der Waals surface area (Å²) < 4.78 is 0. The summed E-state index contributed by atoms with van der Waals surface area (Å²) in [5.41, 5.74) is 1.83. The standard InChI is InChI=1S/C16H26N2O/c1-5-13-6-8-14(9-7-13)18-12-16(4,19)11-17-10-15(18,2)3/h6-9,17,19H,5,10-12H2,1-4H3. The van der Waals surface area contributed by atoms with Crippen molar-refractivity contribution in [2.24, 2.45) is 0 Å². The number of rotatable bonds is 2. The third kappa shape index (κ3) is 3.28. The smallest absolute Gasteiger partial charge is 0.0917 e. The molecule has 0 spiro atoms. The molecule has 0 aliphatic carbocycles. The largest absolute Gasteiger partial charge is 0.387 e. The van der Waals surface area contributed by atoms with Crippen molar-refractivity contribution < 1.29 is 5.11 Å². The second-order valence-electron chi connectivity index (χ2n) is 6.52. The average molecular weight is 262 g/mol. The molecule has 1 unspecified atom stereocenters. The van der Waals surface area contributed by atoms with Crippen molar-refractivity contribution in [1.82, 2.24) is 5.32 Å². The van der Waals surface area contributed by atoms with Gasteiger partial charge in [-0.15, -0.1) is 0 Å². The fraction of sp³-hybridized carbons (Fsp3) is 0.625. The third-order valence-corrected chi connectivity index (χ3v) is 3.95. The minimum Gasteiger partial charge on any atom is -0.387 e. The van der Waals surface area contributed by atoms with E-state index in [-0.39, 0.29) is 5.54 Å². The first-order valence-electron chi connectivity index (χ1n) is 7.14. The highest BCUT2D eigenvalue weighted by molar-refractivity contribution is 5.51. The van der Waals surface area contributed by atoms with Crippen LogP contribution in [-0.4, -0.2) is 35.9 Å². The summed E-state index contributed by atoms with van der Waals surface area (Å²) in [7, 11) is 0. The summed E-state index contributed by atoms with van der Waals surface area (Å²) in [6, 6.07) is 8.70. The first-order valence-corrected chi connectivity index (χ1v) is 7.14. The summed E-state index contributed by atoms with van der Waals surface area (Å²) in [5.74, 6) is 0. The molecule has 0 amide bonds. The van der Waals surface area contributed by atoms with Crippen molar-refractivity contribution in [3.63, 3.8) is 0 Å². The van der Waals surface area contributed by atoms with Crippen LogP contribution < -0.4 is 10.2 Å². The fourth-order valence-electron chi connectivity index (χ4n) is 2.70. The van der Waals surface area contributed by atoms with E-state index in [0.717, 1.165) is 13.0 Å². The molecule has 3 heteroatoms. The highest BCUT2D eigenvalue weighted by Gasteiger charge is 2.36. The molecule has 2 rings (SSSR count). The first-order chi connectivity index (χ1) is 8.84. The fourth-order valence-corrected chi connectivity index (χ4v) is 2.70. The van der Waals surface area contributed by atoms with Crippen molar-refractivity contribution in [3.05, 3.63) is 29.8 Å². The summed E-state index contributed by atoms with van der Waals surface area (Å²) in [6.45, 7) is 10.7. The number of aryl methyl sites for hydroxylation is 1. The lowest BCUT2D eigenvalue weighted by molar-refractivity contribution is 0.0720. The zero-order chi connectivity index (χ0) is 14.1. The maximum atomic E-state index is 10.4. The number of hydrogen-bond donors (Lipinski definition) is 2. The monoisotopic (exact) mass is 262 g/mol. The maximum absolute atomic E-state index is 10.4. The van der Waals surface area contributed by atoms with Gasteiger partial charge in [0.25, 0.3) is 0 Å². The van der Waals surface area contributed by atoms with Crippen molar-refractivity contribution >= 4 is 5.69 Å². The number of anilines is 1. The third-order valence-electron chi connectivity index (χ3n) is 3.95. The first kappa shape index (κ1) is 14.4. The number of nitrogens with zero attached hydrogens (tertiary/aromatic N) is 1. The molecule has 2 N–H and O–H groups in total. The van der Waals surface area contributed by atoms with E-state index in [4.69, 9.17) is 0 Å². The minimum atomic E-state index is -0.697. The Kier molecular flexibility index (Phi) is 3.88. The Morgan fingerprint density at radius 1 is 1.16 bits per heavy atom. The van der Waals surface area contributed by atoms with Crippen molar-refractivity contribution in [1.29, 1.82) is 0 Å². The van der Waals surface area contributed by atoms with Crippen LogP contribution in [0.4, 0.5) is 5.69 Å². The van der Waals surface area contributed by atoms with Gasteiger partial charge in [0.2, 0.25) is 0 Å².